The van der Waals surface area contributed by atoms with Crippen molar-refractivity contribution in [3.8, 4) is 11.8 Å². The van der Waals surface area contributed by atoms with Crippen LogP contribution in [0, 0.1) is 17.7 Å². The zero-order valence-corrected chi connectivity index (χ0v) is 8.75. The molecule has 1 rings (SSSR count). The summed E-state index contributed by atoms with van der Waals surface area (Å²) in [6.45, 7) is 2.14. The van der Waals surface area contributed by atoms with E-state index in [1.807, 2.05) is 0 Å². The first-order valence-electron chi connectivity index (χ1n) is 4.68. The van der Waals surface area contributed by atoms with Crippen LogP contribution in [0.4, 0.5) is 10.2 Å². The van der Waals surface area contributed by atoms with Gasteiger partial charge in [0.25, 0.3) is 0 Å². The van der Waals surface area contributed by atoms with Crippen LogP contribution in [0.1, 0.15) is 23.7 Å². The van der Waals surface area contributed by atoms with Crippen LogP contribution < -0.4 is 5.32 Å². The fourth-order valence-electron chi connectivity index (χ4n) is 1.10. The van der Waals surface area contributed by atoms with Crippen molar-refractivity contribution in [2.24, 2.45) is 0 Å². The van der Waals surface area contributed by atoms with Crippen LogP contribution in [-0.4, -0.2) is 22.6 Å². The predicted octanol–water partition coefficient (Wildman–Crippen LogP) is 1.74. The number of hydrogen-bond donors (Lipinski definition) is 2. The molecule has 1 aromatic heterocycles. The molecule has 0 aliphatic rings. The van der Waals surface area contributed by atoms with Crippen molar-refractivity contribution in [3.05, 3.63) is 23.6 Å². The van der Waals surface area contributed by atoms with E-state index < -0.39 is 11.8 Å². The summed E-state index contributed by atoms with van der Waals surface area (Å²) in [6, 6.07) is 1.12. The van der Waals surface area contributed by atoms with E-state index in [4.69, 9.17) is 5.11 Å². The lowest BCUT2D eigenvalue weighted by Crippen LogP contribution is -2.09. The highest BCUT2D eigenvalue weighted by atomic mass is 19.1. The largest absolute Gasteiger partial charge is 0.478 e. The first-order chi connectivity index (χ1) is 7.66. The Hall–Kier alpha value is -2.09. The van der Waals surface area contributed by atoms with Crippen molar-refractivity contribution >= 4 is 11.8 Å². The number of rotatable bonds is 4. The Kier molecular flexibility index (Phi) is 4.28. The third kappa shape index (κ3) is 2.95. The second-order valence-electron chi connectivity index (χ2n) is 2.93. The monoisotopic (exact) mass is 222 g/mol. The normalized spacial score (nSPS) is 9.12. The Morgan fingerprint density at radius 1 is 1.69 bits per heavy atom. The van der Waals surface area contributed by atoms with Crippen LogP contribution in [-0.2, 0) is 0 Å². The fraction of sp³-hybridized carbons (Fsp3) is 0.273. The lowest BCUT2D eigenvalue weighted by atomic mass is 10.2. The Labute approximate surface area is 92.5 Å². The molecule has 0 radical (unpaired) electrons. The predicted molar refractivity (Wildman–Crippen MR) is 57.7 cm³/mol. The van der Waals surface area contributed by atoms with E-state index >= 15 is 0 Å². The molecule has 1 heterocycles. The van der Waals surface area contributed by atoms with Crippen molar-refractivity contribution in [1.29, 1.82) is 0 Å². The van der Waals surface area contributed by atoms with E-state index in [2.05, 4.69) is 22.1 Å². The molecule has 1 aromatic rings. The highest BCUT2D eigenvalue weighted by Crippen LogP contribution is 2.14. The number of nitrogens with zero attached hydrogens (tertiary/aromatic N) is 1. The van der Waals surface area contributed by atoms with Crippen LogP contribution in [0.3, 0.4) is 0 Å². The number of aromatic nitrogens is 1. The van der Waals surface area contributed by atoms with Crippen LogP contribution in [0.25, 0.3) is 0 Å². The average Bonchev–Trinajstić information content (AvgIpc) is 2.26. The van der Waals surface area contributed by atoms with E-state index in [1.54, 1.807) is 6.92 Å². The number of carboxylic acids is 1. The van der Waals surface area contributed by atoms with Crippen LogP contribution >= 0.6 is 0 Å². The molecule has 0 amide bonds. The van der Waals surface area contributed by atoms with E-state index in [-0.39, 0.29) is 11.4 Å². The molecular weight excluding hydrogens is 211 g/mol. The smallest absolute Gasteiger partial charge is 0.338 e. The van der Waals surface area contributed by atoms with Crippen LogP contribution in [0.2, 0.25) is 0 Å². The maximum absolute atomic E-state index is 13.5. The minimum Gasteiger partial charge on any atom is -0.478 e. The van der Waals surface area contributed by atoms with Crippen molar-refractivity contribution in [2.45, 2.75) is 13.3 Å². The summed E-state index contributed by atoms with van der Waals surface area (Å²) in [4.78, 5) is 14.4. The third-order valence-electron chi connectivity index (χ3n) is 1.84. The third-order valence-corrected chi connectivity index (χ3v) is 1.84. The Morgan fingerprint density at radius 2 is 2.44 bits per heavy atom. The number of pyridine rings is 1. The van der Waals surface area contributed by atoms with E-state index in [0.717, 1.165) is 6.07 Å². The summed E-state index contributed by atoms with van der Waals surface area (Å²) >= 11 is 0. The zero-order chi connectivity index (χ0) is 12.0. The quantitative estimate of drug-likeness (QED) is 0.601. The number of aromatic carboxylic acids is 1. The maximum Gasteiger partial charge on any atom is 0.338 e. The van der Waals surface area contributed by atoms with Gasteiger partial charge in [-0.3, -0.25) is 0 Å². The van der Waals surface area contributed by atoms with Crippen molar-refractivity contribution in [1.82, 2.24) is 4.98 Å². The molecule has 5 heteroatoms. The molecule has 0 aliphatic carbocycles. The summed E-state index contributed by atoms with van der Waals surface area (Å²) in [5.74, 6) is 3.28. The van der Waals surface area contributed by atoms with Gasteiger partial charge in [0.2, 0.25) is 0 Å². The zero-order valence-electron chi connectivity index (χ0n) is 8.75. The van der Waals surface area contributed by atoms with Crippen molar-refractivity contribution in [3.63, 3.8) is 0 Å². The maximum atomic E-state index is 13.5. The molecule has 0 atom stereocenters. The molecule has 84 valence electrons. The van der Waals surface area contributed by atoms with Gasteiger partial charge in [0.05, 0.1) is 0 Å². The van der Waals surface area contributed by atoms with Gasteiger partial charge in [-0.1, -0.05) is 0 Å². The second kappa shape index (κ2) is 5.71. The number of carbonyl (C=O) groups is 1. The van der Waals surface area contributed by atoms with Gasteiger partial charge in [0.1, 0.15) is 5.56 Å². The van der Waals surface area contributed by atoms with Crippen molar-refractivity contribution < 1.29 is 14.3 Å². The summed E-state index contributed by atoms with van der Waals surface area (Å²) in [5, 5.41) is 11.4. The number of nitrogens with one attached hydrogen (secondary N) is 1. The molecule has 2 N–H and O–H groups in total. The van der Waals surface area contributed by atoms with Gasteiger partial charge < -0.3 is 10.4 Å². The molecule has 0 saturated heterocycles. The molecule has 0 fully saturated rings. The number of carboxylic acid groups (broad SMARTS) is 1. The Morgan fingerprint density at radius 3 is 3.06 bits per heavy atom. The lowest BCUT2D eigenvalue weighted by Gasteiger charge is -2.05. The number of halogens is 1. The van der Waals surface area contributed by atoms with Gasteiger partial charge in [-0.05, 0) is 13.0 Å². The van der Waals surface area contributed by atoms with Crippen molar-refractivity contribution in [2.75, 3.05) is 11.9 Å². The Balaban J connectivity index is 2.76. The molecule has 0 aliphatic heterocycles. The van der Waals surface area contributed by atoms with Crippen LogP contribution in [0.5, 0.6) is 0 Å². The highest BCUT2D eigenvalue weighted by Gasteiger charge is 2.14. The Bertz CT molecular complexity index is 449. The minimum absolute atomic E-state index is 0.0576. The SMILES string of the molecule is CC#CCCNc1nccc(C(=O)O)c1F. The summed E-state index contributed by atoms with van der Waals surface area (Å²) in [6.07, 6.45) is 1.80. The molecule has 0 unspecified atom stereocenters. The summed E-state index contributed by atoms with van der Waals surface area (Å²) in [5.41, 5.74) is -0.390. The van der Waals surface area contributed by atoms with Gasteiger partial charge in [-0.2, -0.15) is 0 Å². The first kappa shape index (κ1) is 12.0. The summed E-state index contributed by atoms with van der Waals surface area (Å²) in [7, 11) is 0. The fourth-order valence-corrected chi connectivity index (χ4v) is 1.10. The second-order valence-corrected chi connectivity index (χ2v) is 2.93. The van der Waals surface area contributed by atoms with E-state index in [9.17, 15) is 9.18 Å². The first-order valence-corrected chi connectivity index (χ1v) is 4.68. The molecule has 16 heavy (non-hydrogen) atoms. The lowest BCUT2D eigenvalue weighted by molar-refractivity contribution is 0.0692. The summed E-state index contributed by atoms with van der Waals surface area (Å²) < 4.78 is 13.5. The van der Waals surface area contributed by atoms with E-state index in [1.165, 1.54) is 6.20 Å². The standard InChI is InChI=1S/C11H11FN2O2/c1-2-3-4-6-13-10-9(12)8(11(15)16)5-7-14-10/h5,7H,4,6H2,1H3,(H,13,14)(H,15,16). The number of hydrogen-bond acceptors (Lipinski definition) is 3. The molecule has 0 saturated carbocycles. The van der Waals surface area contributed by atoms with Gasteiger partial charge in [0.15, 0.2) is 11.6 Å². The highest BCUT2D eigenvalue weighted by molar-refractivity contribution is 5.88. The number of anilines is 1. The molecule has 0 spiro atoms. The minimum atomic E-state index is -1.31. The molecule has 0 bridgehead atoms. The van der Waals surface area contributed by atoms with Gasteiger partial charge in [0, 0.05) is 19.2 Å². The topological polar surface area (TPSA) is 62.2 Å². The van der Waals surface area contributed by atoms with Gasteiger partial charge >= 0.3 is 5.97 Å². The van der Waals surface area contributed by atoms with Gasteiger partial charge in [-0.25, -0.2) is 14.2 Å². The molecule has 0 aromatic carbocycles. The molecular formula is C11H11FN2O2. The van der Waals surface area contributed by atoms with E-state index in [0.29, 0.717) is 13.0 Å². The average molecular weight is 222 g/mol. The molecule has 4 nitrogen and oxygen atoms in total. The van der Waals surface area contributed by atoms with Gasteiger partial charge in [-0.15, -0.1) is 11.8 Å². The van der Waals surface area contributed by atoms with Crippen LogP contribution in [0.15, 0.2) is 12.3 Å².